The van der Waals surface area contributed by atoms with Crippen molar-refractivity contribution in [1.82, 2.24) is 5.32 Å². The Morgan fingerprint density at radius 2 is 1.70 bits per heavy atom. The van der Waals surface area contributed by atoms with Crippen LogP contribution in [0.25, 0.3) is 0 Å². The van der Waals surface area contributed by atoms with Gasteiger partial charge in [-0.15, -0.1) is 0 Å². The Balaban J connectivity index is 2.03. The first-order valence-corrected chi connectivity index (χ1v) is 7.00. The fourth-order valence-electron chi connectivity index (χ4n) is 2.72. The van der Waals surface area contributed by atoms with Crippen LogP contribution < -0.4 is 5.32 Å². The van der Waals surface area contributed by atoms with Crippen LogP contribution >= 0.6 is 0 Å². The molecule has 1 aliphatic carbocycles. The summed E-state index contributed by atoms with van der Waals surface area (Å²) in [5.41, 5.74) is 0.663. The Labute approximate surface area is 117 Å². The summed E-state index contributed by atoms with van der Waals surface area (Å²) in [4.78, 5) is 0. The highest BCUT2D eigenvalue weighted by Gasteiger charge is 2.34. The van der Waals surface area contributed by atoms with Crippen LogP contribution in [-0.4, -0.2) is 23.4 Å². The van der Waals surface area contributed by atoms with Gasteiger partial charge in [-0.1, -0.05) is 30.3 Å². The fraction of sp³-hybridized carbons (Fsp3) is 0.600. The largest absolute Gasteiger partial charge is 0.393 e. The molecule has 2 nitrogen and oxygen atoms in total. The summed E-state index contributed by atoms with van der Waals surface area (Å²) in [6, 6.07) is 8.09. The van der Waals surface area contributed by atoms with E-state index in [0.29, 0.717) is 18.4 Å². The first-order valence-electron chi connectivity index (χ1n) is 7.00. The predicted molar refractivity (Wildman–Crippen MR) is 71.3 cm³/mol. The number of alkyl halides is 3. The normalized spacial score (nSPS) is 25.4. The van der Waals surface area contributed by atoms with Crippen molar-refractivity contribution in [2.75, 3.05) is 0 Å². The second kappa shape index (κ2) is 6.59. The van der Waals surface area contributed by atoms with Gasteiger partial charge in [-0.05, 0) is 31.2 Å². The summed E-state index contributed by atoms with van der Waals surface area (Å²) in [6.45, 7) is 0. The molecule has 20 heavy (non-hydrogen) atoms. The van der Waals surface area contributed by atoms with Gasteiger partial charge in [0, 0.05) is 12.1 Å². The first-order chi connectivity index (χ1) is 9.44. The standard InChI is InChI=1S/C15H20F3NO/c16-15(17,18)10-14(11-4-2-1-3-5-11)19-12-6-8-13(20)9-7-12/h1-5,12-14,19-20H,6-10H2. The maximum absolute atomic E-state index is 12.7. The van der Waals surface area contributed by atoms with Gasteiger partial charge in [0.1, 0.15) is 0 Å². The van der Waals surface area contributed by atoms with E-state index in [1.54, 1.807) is 30.3 Å². The van der Waals surface area contributed by atoms with Crippen molar-refractivity contribution in [2.45, 2.75) is 56.5 Å². The third kappa shape index (κ3) is 4.80. The first kappa shape index (κ1) is 15.3. The summed E-state index contributed by atoms with van der Waals surface area (Å²) in [7, 11) is 0. The van der Waals surface area contributed by atoms with Gasteiger partial charge >= 0.3 is 6.18 Å². The van der Waals surface area contributed by atoms with Crippen LogP contribution in [0.15, 0.2) is 30.3 Å². The number of halogens is 3. The molecule has 5 heteroatoms. The molecule has 0 radical (unpaired) electrons. The molecule has 1 unspecified atom stereocenters. The van der Waals surface area contributed by atoms with Gasteiger partial charge in [0.05, 0.1) is 12.5 Å². The van der Waals surface area contributed by atoms with Crippen molar-refractivity contribution in [1.29, 1.82) is 0 Å². The lowest BCUT2D eigenvalue weighted by atomic mass is 9.91. The topological polar surface area (TPSA) is 32.3 Å². The second-order valence-corrected chi connectivity index (χ2v) is 5.45. The van der Waals surface area contributed by atoms with Crippen LogP contribution in [0.2, 0.25) is 0 Å². The zero-order valence-electron chi connectivity index (χ0n) is 11.2. The molecule has 1 aliphatic rings. The molecule has 1 saturated carbocycles. The molecule has 0 spiro atoms. The zero-order valence-corrected chi connectivity index (χ0v) is 11.2. The smallest absolute Gasteiger partial charge is 0.390 e. The minimum absolute atomic E-state index is 0.0472. The summed E-state index contributed by atoms with van der Waals surface area (Å²) < 4.78 is 38.2. The molecule has 112 valence electrons. The van der Waals surface area contributed by atoms with Crippen LogP contribution in [0.5, 0.6) is 0 Å². The highest BCUT2D eigenvalue weighted by Crippen LogP contribution is 2.31. The summed E-state index contributed by atoms with van der Waals surface area (Å²) in [5.74, 6) is 0. The van der Waals surface area contributed by atoms with Crippen molar-refractivity contribution in [3.05, 3.63) is 35.9 Å². The van der Waals surface area contributed by atoms with Crippen molar-refractivity contribution in [3.8, 4) is 0 Å². The number of benzene rings is 1. The Hall–Kier alpha value is -1.07. The van der Waals surface area contributed by atoms with Crippen LogP contribution in [0, 0.1) is 0 Å². The molecular weight excluding hydrogens is 267 g/mol. The third-order valence-corrected chi connectivity index (χ3v) is 3.77. The third-order valence-electron chi connectivity index (χ3n) is 3.77. The maximum Gasteiger partial charge on any atom is 0.390 e. The second-order valence-electron chi connectivity index (χ2n) is 5.45. The van der Waals surface area contributed by atoms with Gasteiger partial charge < -0.3 is 10.4 Å². The lowest BCUT2D eigenvalue weighted by Crippen LogP contribution is -2.38. The highest BCUT2D eigenvalue weighted by atomic mass is 19.4. The van der Waals surface area contributed by atoms with E-state index in [2.05, 4.69) is 5.32 Å². The Morgan fingerprint density at radius 3 is 2.25 bits per heavy atom. The molecule has 1 fully saturated rings. The Bertz CT molecular complexity index is 399. The van der Waals surface area contributed by atoms with Crippen LogP contribution in [0.4, 0.5) is 13.2 Å². The molecule has 1 aromatic carbocycles. The van der Waals surface area contributed by atoms with E-state index in [0.717, 1.165) is 12.8 Å². The van der Waals surface area contributed by atoms with E-state index in [1.165, 1.54) is 0 Å². The molecule has 0 amide bonds. The average Bonchev–Trinajstić information content (AvgIpc) is 2.40. The number of aliphatic hydroxyl groups excluding tert-OH is 1. The molecule has 0 aromatic heterocycles. The molecule has 2 N–H and O–H groups in total. The van der Waals surface area contributed by atoms with Gasteiger partial charge in [0.25, 0.3) is 0 Å². The molecular formula is C15H20F3NO. The number of aliphatic hydroxyl groups is 1. The molecule has 0 saturated heterocycles. The van der Waals surface area contributed by atoms with Gasteiger partial charge in [-0.2, -0.15) is 13.2 Å². The van der Waals surface area contributed by atoms with Crippen LogP contribution in [-0.2, 0) is 0 Å². The molecule has 0 heterocycles. The molecule has 1 atom stereocenters. The molecule has 0 bridgehead atoms. The van der Waals surface area contributed by atoms with E-state index in [-0.39, 0.29) is 12.1 Å². The fourth-order valence-corrected chi connectivity index (χ4v) is 2.72. The van der Waals surface area contributed by atoms with Gasteiger partial charge in [-0.3, -0.25) is 0 Å². The van der Waals surface area contributed by atoms with Gasteiger partial charge in [0.15, 0.2) is 0 Å². The molecule has 2 rings (SSSR count). The lowest BCUT2D eigenvalue weighted by Gasteiger charge is -2.31. The highest BCUT2D eigenvalue weighted by molar-refractivity contribution is 5.19. The summed E-state index contributed by atoms with van der Waals surface area (Å²) >= 11 is 0. The number of nitrogens with one attached hydrogen (secondary N) is 1. The minimum atomic E-state index is -4.19. The van der Waals surface area contributed by atoms with E-state index < -0.39 is 18.6 Å². The number of rotatable bonds is 4. The van der Waals surface area contributed by atoms with E-state index in [1.807, 2.05) is 0 Å². The minimum Gasteiger partial charge on any atom is -0.393 e. The quantitative estimate of drug-likeness (QED) is 0.887. The number of hydrogen-bond acceptors (Lipinski definition) is 2. The Morgan fingerprint density at radius 1 is 1.10 bits per heavy atom. The summed E-state index contributed by atoms with van der Waals surface area (Å²) in [6.07, 6.45) is -2.59. The zero-order chi connectivity index (χ0) is 14.6. The van der Waals surface area contributed by atoms with Crippen molar-refractivity contribution in [2.24, 2.45) is 0 Å². The van der Waals surface area contributed by atoms with Crippen LogP contribution in [0.1, 0.15) is 43.7 Å². The molecule has 0 aliphatic heterocycles. The molecule has 1 aromatic rings. The predicted octanol–water partition coefficient (Wildman–Crippen LogP) is 3.57. The van der Waals surface area contributed by atoms with Gasteiger partial charge in [-0.25, -0.2) is 0 Å². The van der Waals surface area contributed by atoms with Crippen molar-refractivity contribution in [3.63, 3.8) is 0 Å². The van der Waals surface area contributed by atoms with E-state index in [9.17, 15) is 18.3 Å². The van der Waals surface area contributed by atoms with E-state index in [4.69, 9.17) is 0 Å². The summed E-state index contributed by atoms with van der Waals surface area (Å²) in [5, 5.41) is 12.6. The SMILES string of the molecule is OC1CCC(NC(CC(F)(F)F)c2ccccc2)CC1. The lowest BCUT2D eigenvalue weighted by molar-refractivity contribution is -0.141. The average molecular weight is 287 g/mol. The van der Waals surface area contributed by atoms with E-state index >= 15 is 0 Å². The van der Waals surface area contributed by atoms with Crippen LogP contribution in [0.3, 0.4) is 0 Å². The maximum atomic E-state index is 12.7. The monoisotopic (exact) mass is 287 g/mol. The van der Waals surface area contributed by atoms with Crippen molar-refractivity contribution >= 4 is 0 Å². The number of hydrogen-bond donors (Lipinski definition) is 2. The Kier molecular flexibility index (Phi) is 5.05. The van der Waals surface area contributed by atoms with Gasteiger partial charge in [0.2, 0.25) is 0 Å². The van der Waals surface area contributed by atoms with Crippen molar-refractivity contribution < 1.29 is 18.3 Å².